The summed E-state index contributed by atoms with van der Waals surface area (Å²) in [5, 5.41) is 0. The molecule has 3 nitrogen and oxygen atoms in total. The van der Waals surface area contributed by atoms with Gasteiger partial charge in [-0.2, -0.15) is 0 Å². The lowest BCUT2D eigenvalue weighted by molar-refractivity contribution is 0.215. The fourth-order valence-corrected chi connectivity index (χ4v) is 3.54. The molecule has 0 spiro atoms. The standard InChI is InChI=1S/C15H25N3/c1-12-4-3-5-14-11-16-15(18(12)14)10-13-6-8-17(2)9-7-13/h11-13H,3-10H2,1-2H3. The average Bonchev–Trinajstić information content (AvgIpc) is 2.77. The molecule has 18 heavy (non-hydrogen) atoms. The Balaban J connectivity index is 1.71. The van der Waals surface area contributed by atoms with Crippen molar-refractivity contribution in [2.45, 2.75) is 51.5 Å². The van der Waals surface area contributed by atoms with Crippen molar-refractivity contribution in [1.82, 2.24) is 14.5 Å². The van der Waals surface area contributed by atoms with E-state index in [1.807, 2.05) is 0 Å². The third-order valence-corrected chi connectivity index (χ3v) is 4.76. The molecule has 100 valence electrons. The molecule has 1 saturated heterocycles. The minimum Gasteiger partial charge on any atom is -0.329 e. The Labute approximate surface area is 110 Å². The van der Waals surface area contributed by atoms with Crippen molar-refractivity contribution in [3.8, 4) is 0 Å². The normalized spacial score (nSPS) is 26.2. The lowest BCUT2D eigenvalue weighted by Crippen LogP contribution is -2.31. The molecule has 3 heterocycles. The van der Waals surface area contributed by atoms with E-state index in [2.05, 4.69) is 29.6 Å². The number of rotatable bonds is 2. The Hall–Kier alpha value is -0.830. The number of hydrogen-bond donors (Lipinski definition) is 0. The molecule has 3 heteroatoms. The summed E-state index contributed by atoms with van der Waals surface area (Å²) in [6.07, 6.45) is 9.88. The van der Waals surface area contributed by atoms with Crippen LogP contribution in [0.3, 0.4) is 0 Å². The van der Waals surface area contributed by atoms with E-state index in [9.17, 15) is 0 Å². The van der Waals surface area contributed by atoms with Crippen LogP contribution in [0.1, 0.15) is 50.2 Å². The number of aryl methyl sites for hydroxylation is 1. The van der Waals surface area contributed by atoms with Gasteiger partial charge in [-0.25, -0.2) is 4.98 Å². The third kappa shape index (κ3) is 2.33. The van der Waals surface area contributed by atoms with E-state index < -0.39 is 0 Å². The summed E-state index contributed by atoms with van der Waals surface area (Å²) in [7, 11) is 2.23. The van der Waals surface area contributed by atoms with Crippen LogP contribution in [0.5, 0.6) is 0 Å². The Kier molecular flexibility index (Phi) is 3.42. The second kappa shape index (κ2) is 5.04. The summed E-state index contributed by atoms with van der Waals surface area (Å²) in [4.78, 5) is 7.16. The first-order valence-corrected chi connectivity index (χ1v) is 7.47. The third-order valence-electron chi connectivity index (χ3n) is 4.76. The maximum atomic E-state index is 4.71. The lowest BCUT2D eigenvalue weighted by Gasteiger charge is -2.30. The molecular formula is C15H25N3. The molecule has 0 bridgehead atoms. The van der Waals surface area contributed by atoms with Crippen LogP contribution in [0, 0.1) is 5.92 Å². The van der Waals surface area contributed by atoms with E-state index in [1.54, 1.807) is 0 Å². The first kappa shape index (κ1) is 12.2. The first-order valence-electron chi connectivity index (χ1n) is 7.47. The van der Waals surface area contributed by atoms with E-state index in [-0.39, 0.29) is 0 Å². The largest absolute Gasteiger partial charge is 0.329 e. The van der Waals surface area contributed by atoms with E-state index in [0.717, 1.165) is 5.92 Å². The van der Waals surface area contributed by atoms with E-state index >= 15 is 0 Å². The minimum atomic E-state index is 0.664. The fraction of sp³-hybridized carbons (Fsp3) is 0.800. The van der Waals surface area contributed by atoms with Gasteiger partial charge in [-0.05, 0) is 65.1 Å². The zero-order valence-corrected chi connectivity index (χ0v) is 11.7. The monoisotopic (exact) mass is 247 g/mol. The van der Waals surface area contributed by atoms with Gasteiger partial charge in [0.25, 0.3) is 0 Å². The molecule has 0 N–H and O–H groups in total. The summed E-state index contributed by atoms with van der Waals surface area (Å²) in [6, 6.07) is 0.664. The number of aromatic nitrogens is 2. The van der Waals surface area contributed by atoms with Crippen molar-refractivity contribution in [1.29, 1.82) is 0 Å². The topological polar surface area (TPSA) is 21.1 Å². The molecule has 0 amide bonds. The van der Waals surface area contributed by atoms with Crippen LogP contribution in [-0.2, 0) is 12.8 Å². The van der Waals surface area contributed by atoms with Gasteiger partial charge in [0.05, 0.1) is 0 Å². The quantitative estimate of drug-likeness (QED) is 0.801. The van der Waals surface area contributed by atoms with Crippen LogP contribution >= 0.6 is 0 Å². The number of piperidine rings is 1. The molecule has 1 aromatic heterocycles. The molecule has 0 radical (unpaired) electrons. The molecular weight excluding hydrogens is 222 g/mol. The van der Waals surface area contributed by atoms with Crippen molar-refractivity contribution in [2.75, 3.05) is 20.1 Å². The van der Waals surface area contributed by atoms with Crippen molar-refractivity contribution in [3.05, 3.63) is 17.7 Å². The summed E-state index contributed by atoms with van der Waals surface area (Å²) >= 11 is 0. The summed E-state index contributed by atoms with van der Waals surface area (Å²) < 4.78 is 2.53. The predicted octanol–water partition coefficient (Wildman–Crippen LogP) is 2.66. The Morgan fingerprint density at radius 2 is 2.06 bits per heavy atom. The highest BCUT2D eigenvalue weighted by Crippen LogP contribution is 2.28. The summed E-state index contributed by atoms with van der Waals surface area (Å²) in [5.41, 5.74) is 1.47. The molecule has 2 aliphatic heterocycles. The van der Waals surface area contributed by atoms with Gasteiger partial charge in [0, 0.05) is 24.4 Å². The van der Waals surface area contributed by atoms with Gasteiger partial charge in [-0.3, -0.25) is 0 Å². The number of imidazole rings is 1. The fourth-order valence-electron chi connectivity index (χ4n) is 3.54. The van der Waals surface area contributed by atoms with Crippen LogP contribution < -0.4 is 0 Å². The van der Waals surface area contributed by atoms with Crippen molar-refractivity contribution >= 4 is 0 Å². The van der Waals surface area contributed by atoms with Crippen LogP contribution in [0.2, 0.25) is 0 Å². The summed E-state index contributed by atoms with van der Waals surface area (Å²) in [5.74, 6) is 2.20. The van der Waals surface area contributed by atoms with E-state index in [1.165, 1.54) is 63.1 Å². The van der Waals surface area contributed by atoms with Crippen LogP contribution in [0.25, 0.3) is 0 Å². The van der Waals surface area contributed by atoms with Gasteiger partial charge in [0.1, 0.15) is 5.82 Å². The number of nitrogens with zero attached hydrogens (tertiary/aromatic N) is 3. The number of fused-ring (bicyclic) bond motifs is 1. The minimum absolute atomic E-state index is 0.664. The first-order chi connectivity index (χ1) is 8.74. The van der Waals surface area contributed by atoms with Crippen molar-refractivity contribution < 1.29 is 0 Å². The van der Waals surface area contributed by atoms with Crippen LogP contribution in [0.4, 0.5) is 0 Å². The van der Waals surface area contributed by atoms with Gasteiger partial charge in [0.2, 0.25) is 0 Å². The second-order valence-corrected chi connectivity index (χ2v) is 6.23. The molecule has 1 aromatic rings. The molecule has 3 rings (SSSR count). The van der Waals surface area contributed by atoms with Crippen LogP contribution in [-0.4, -0.2) is 34.6 Å². The van der Waals surface area contributed by atoms with Gasteiger partial charge >= 0.3 is 0 Å². The van der Waals surface area contributed by atoms with Crippen LogP contribution in [0.15, 0.2) is 6.20 Å². The van der Waals surface area contributed by atoms with E-state index in [0.29, 0.717) is 6.04 Å². The van der Waals surface area contributed by atoms with Gasteiger partial charge in [-0.1, -0.05) is 0 Å². The second-order valence-electron chi connectivity index (χ2n) is 6.23. The molecule has 0 aliphatic carbocycles. The predicted molar refractivity (Wildman–Crippen MR) is 73.8 cm³/mol. The Bertz CT molecular complexity index is 402. The highest BCUT2D eigenvalue weighted by molar-refractivity contribution is 5.10. The summed E-state index contributed by atoms with van der Waals surface area (Å²) in [6.45, 7) is 4.87. The molecule has 1 fully saturated rings. The van der Waals surface area contributed by atoms with E-state index in [4.69, 9.17) is 4.98 Å². The van der Waals surface area contributed by atoms with Crippen molar-refractivity contribution in [2.24, 2.45) is 5.92 Å². The van der Waals surface area contributed by atoms with Gasteiger partial charge in [-0.15, -0.1) is 0 Å². The maximum absolute atomic E-state index is 4.71. The molecule has 2 aliphatic rings. The zero-order valence-electron chi connectivity index (χ0n) is 11.7. The highest BCUT2D eigenvalue weighted by Gasteiger charge is 2.23. The highest BCUT2D eigenvalue weighted by atomic mass is 15.1. The number of likely N-dealkylation sites (tertiary alicyclic amines) is 1. The lowest BCUT2D eigenvalue weighted by atomic mass is 9.93. The molecule has 1 atom stereocenters. The molecule has 1 unspecified atom stereocenters. The van der Waals surface area contributed by atoms with Gasteiger partial charge in [0.15, 0.2) is 0 Å². The zero-order chi connectivity index (χ0) is 12.5. The Morgan fingerprint density at radius 3 is 2.83 bits per heavy atom. The SMILES string of the molecule is CC1CCCc2cnc(CC3CCN(C)CC3)n21. The smallest absolute Gasteiger partial charge is 0.109 e. The maximum Gasteiger partial charge on any atom is 0.109 e. The van der Waals surface area contributed by atoms with Crippen molar-refractivity contribution in [3.63, 3.8) is 0 Å². The average molecular weight is 247 g/mol. The Morgan fingerprint density at radius 1 is 1.28 bits per heavy atom. The molecule has 0 saturated carbocycles. The van der Waals surface area contributed by atoms with Gasteiger partial charge < -0.3 is 9.47 Å². The molecule has 0 aromatic carbocycles. The number of hydrogen-bond acceptors (Lipinski definition) is 2.